The molecule has 6 nitrogen and oxygen atoms in total. The summed E-state index contributed by atoms with van der Waals surface area (Å²) < 4.78 is 0. The molecule has 0 aliphatic heterocycles. The van der Waals surface area contributed by atoms with Crippen molar-refractivity contribution in [2.24, 2.45) is 0 Å². The van der Waals surface area contributed by atoms with Gasteiger partial charge in [0.25, 0.3) is 5.56 Å². The Balaban J connectivity index is 1.84. The van der Waals surface area contributed by atoms with E-state index in [0.717, 1.165) is 34.7 Å². The van der Waals surface area contributed by atoms with E-state index in [2.05, 4.69) is 32.4 Å². The molecule has 3 heterocycles. The number of anilines is 3. The summed E-state index contributed by atoms with van der Waals surface area (Å²) in [5.41, 5.74) is 5.81. The molecule has 0 bridgehead atoms. The SMILES string of the molecule is Cc1cccc(-c2cc(Nc3ccnc4c3C=CC4)c(N(C)C)[nH]c2=O)n1. The van der Waals surface area contributed by atoms with Crippen LogP contribution in [0, 0.1) is 6.92 Å². The van der Waals surface area contributed by atoms with E-state index in [1.54, 1.807) is 6.20 Å². The zero-order valence-electron chi connectivity index (χ0n) is 15.6. The summed E-state index contributed by atoms with van der Waals surface area (Å²) in [5.74, 6) is 0.712. The van der Waals surface area contributed by atoms with Crippen molar-refractivity contribution >= 4 is 23.3 Å². The third-order valence-corrected chi connectivity index (χ3v) is 4.57. The maximum atomic E-state index is 12.7. The highest BCUT2D eigenvalue weighted by atomic mass is 16.1. The highest BCUT2D eigenvalue weighted by molar-refractivity contribution is 5.81. The monoisotopic (exact) mass is 359 g/mol. The lowest BCUT2D eigenvalue weighted by molar-refractivity contribution is 1.05. The summed E-state index contributed by atoms with van der Waals surface area (Å²) in [6, 6.07) is 9.48. The minimum Gasteiger partial charge on any atom is -0.362 e. The minimum atomic E-state index is -0.165. The lowest BCUT2D eigenvalue weighted by Gasteiger charge is -2.20. The van der Waals surface area contributed by atoms with Crippen molar-refractivity contribution in [1.82, 2.24) is 15.0 Å². The Morgan fingerprint density at radius 2 is 2.04 bits per heavy atom. The maximum absolute atomic E-state index is 12.7. The first-order valence-electron chi connectivity index (χ1n) is 8.83. The fourth-order valence-corrected chi connectivity index (χ4v) is 3.26. The predicted octanol–water partition coefficient (Wildman–Crippen LogP) is 3.52. The van der Waals surface area contributed by atoms with E-state index < -0.39 is 0 Å². The number of hydrogen-bond donors (Lipinski definition) is 2. The molecule has 0 amide bonds. The standard InChI is InChI=1S/C21H21N5O/c1-13-6-4-9-17(23-13)15-12-19(20(26(2)3)25-21(15)27)24-18-10-11-22-16-8-5-7-14(16)18/h4-7,9-12H,8H2,1-3H3,(H,22,24)(H,25,27). The molecule has 6 heteroatoms. The average Bonchev–Trinajstić information content (AvgIpc) is 3.12. The smallest absolute Gasteiger partial charge is 0.259 e. The van der Waals surface area contributed by atoms with Crippen molar-refractivity contribution in [3.8, 4) is 11.3 Å². The van der Waals surface area contributed by atoms with Crippen LogP contribution in [0.15, 0.2) is 47.4 Å². The van der Waals surface area contributed by atoms with Gasteiger partial charge >= 0.3 is 0 Å². The van der Waals surface area contributed by atoms with Gasteiger partial charge in [0, 0.05) is 43.7 Å². The zero-order valence-corrected chi connectivity index (χ0v) is 15.6. The van der Waals surface area contributed by atoms with Crippen LogP contribution in [0.5, 0.6) is 0 Å². The van der Waals surface area contributed by atoms with Gasteiger partial charge in [0.1, 0.15) is 5.82 Å². The number of hydrogen-bond acceptors (Lipinski definition) is 5. The van der Waals surface area contributed by atoms with E-state index in [-0.39, 0.29) is 5.56 Å². The normalized spacial score (nSPS) is 12.1. The molecule has 0 saturated heterocycles. The molecule has 1 aliphatic carbocycles. The van der Waals surface area contributed by atoms with Gasteiger partial charge in [-0.25, -0.2) is 0 Å². The van der Waals surface area contributed by atoms with Crippen molar-refractivity contribution in [3.63, 3.8) is 0 Å². The Labute approximate surface area is 157 Å². The Bertz CT molecular complexity index is 1100. The van der Waals surface area contributed by atoms with Crippen molar-refractivity contribution in [1.29, 1.82) is 0 Å². The van der Waals surface area contributed by atoms with Crippen LogP contribution in [-0.4, -0.2) is 29.0 Å². The number of aromatic amines is 1. The molecule has 0 spiro atoms. The van der Waals surface area contributed by atoms with E-state index in [1.165, 1.54) is 0 Å². The Morgan fingerprint density at radius 3 is 2.81 bits per heavy atom. The largest absolute Gasteiger partial charge is 0.362 e. The number of nitrogens with zero attached hydrogens (tertiary/aromatic N) is 3. The number of nitrogens with one attached hydrogen (secondary N) is 2. The molecule has 2 N–H and O–H groups in total. The molecule has 0 aromatic carbocycles. The summed E-state index contributed by atoms with van der Waals surface area (Å²) in [7, 11) is 3.80. The fraction of sp³-hybridized carbons (Fsp3) is 0.190. The van der Waals surface area contributed by atoms with Crippen molar-refractivity contribution in [2.45, 2.75) is 13.3 Å². The van der Waals surface area contributed by atoms with Crippen LogP contribution < -0.4 is 15.8 Å². The second-order valence-electron chi connectivity index (χ2n) is 6.78. The lowest BCUT2D eigenvalue weighted by atomic mass is 10.1. The number of H-pyrrole nitrogens is 1. The molecule has 0 unspecified atom stereocenters. The van der Waals surface area contributed by atoms with E-state index in [1.807, 2.05) is 56.3 Å². The number of aromatic nitrogens is 3. The van der Waals surface area contributed by atoms with Gasteiger partial charge in [-0.3, -0.25) is 14.8 Å². The molecule has 0 radical (unpaired) electrons. The quantitative estimate of drug-likeness (QED) is 0.746. The van der Waals surface area contributed by atoms with Gasteiger partial charge < -0.3 is 15.2 Å². The number of pyridine rings is 3. The summed E-state index contributed by atoms with van der Waals surface area (Å²) in [5, 5.41) is 3.48. The van der Waals surface area contributed by atoms with Gasteiger partial charge in [-0.1, -0.05) is 18.2 Å². The molecule has 0 atom stereocenters. The van der Waals surface area contributed by atoms with Crippen molar-refractivity contribution < 1.29 is 0 Å². The summed E-state index contributed by atoms with van der Waals surface area (Å²) in [6.45, 7) is 1.91. The molecule has 3 aromatic heterocycles. The van der Waals surface area contributed by atoms with Gasteiger partial charge in [-0.05, 0) is 31.2 Å². The molecule has 4 rings (SSSR count). The van der Waals surface area contributed by atoms with Crippen LogP contribution >= 0.6 is 0 Å². The average molecular weight is 359 g/mol. The molecular weight excluding hydrogens is 338 g/mol. The van der Waals surface area contributed by atoms with E-state index in [4.69, 9.17) is 0 Å². The molecule has 27 heavy (non-hydrogen) atoms. The third-order valence-electron chi connectivity index (χ3n) is 4.57. The van der Waals surface area contributed by atoms with Crippen LogP contribution in [0.1, 0.15) is 17.0 Å². The Hall–Kier alpha value is -3.41. The molecule has 0 saturated carbocycles. The molecule has 1 aliphatic rings. The highest BCUT2D eigenvalue weighted by Gasteiger charge is 2.16. The van der Waals surface area contributed by atoms with E-state index in [0.29, 0.717) is 17.1 Å². The van der Waals surface area contributed by atoms with Crippen LogP contribution in [0.25, 0.3) is 17.3 Å². The zero-order chi connectivity index (χ0) is 19.0. The Kier molecular flexibility index (Phi) is 4.24. The predicted molar refractivity (Wildman–Crippen MR) is 110 cm³/mol. The first kappa shape index (κ1) is 17.0. The van der Waals surface area contributed by atoms with Crippen LogP contribution in [0.2, 0.25) is 0 Å². The van der Waals surface area contributed by atoms with Crippen molar-refractivity contribution in [3.05, 3.63) is 69.9 Å². The second-order valence-corrected chi connectivity index (χ2v) is 6.78. The second kappa shape index (κ2) is 6.72. The molecule has 3 aromatic rings. The number of rotatable bonds is 4. The Morgan fingerprint density at radius 1 is 1.19 bits per heavy atom. The van der Waals surface area contributed by atoms with Gasteiger partial charge in [0.15, 0.2) is 0 Å². The van der Waals surface area contributed by atoms with Crippen LogP contribution in [0.3, 0.4) is 0 Å². The number of allylic oxidation sites excluding steroid dienone is 1. The summed E-state index contributed by atoms with van der Waals surface area (Å²) in [6.07, 6.45) is 6.83. The van der Waals surface area contributed by atoms with Crippen LogP contribution in [-0.2, 0) is 6.42 Å². The molecule has 136 valence electrons. The number of aryl methyl sites for hydroxylation is 1. The van der Waals surface area contributed by atoms with Crippen LogP contribution in [0.4, 0.5) is 17.2 Å². The van der Waals surface area contributed by atoms with Crippen molar-refractivity contribution in [2.75, 3.05) is 24.3 Å². The fourth-order valence-electron chi connectivity index (χ4n) is 3.26. The van der Waals surface area contributed by atoms with Gasteiger partial charge in [-0.2, -0.15) is 0 Å². The minimum absolute atomic E-state index is 0.165. The summed E-state index contributed by atoms with van der Waals surface area (Å²) >= 11 is 0. The van der Waals surface area contributed by atoms with Gasteiger partial charge in [0.05, 0.1) is 22.6 Å². The van der Waals surface area contributed by atoms with Gasteiger partial charge in [0.2, 0.25) is 0 Å². The first-order valence-corrected chi connectivity index (χ1v) is 8.83. The molecule has 0 fully saturated rings. The maximum Gasteiger partial charge on any atom is 0.259 e. The number of fused-ring (bicyclic) bond motifs is 1. The first-order chi connectivity index (χ1) is 13.0. The lowest BCUT2D eigenvalue weighted by Crippen LogP contribution is -2.20. The third kappa shape index (κ3) is 3.21. The summed E-state index contributed by atoms with van der Waals surface area (Å²) in [4.78, 5) is 26.5. The van der Waals surface area contributed by atoms with E-state index in [9.17, 15) is 4.79 Å². The van der Waals surface area contributed by atoms with Gasteiger partial charge in [-0.15, -0.1) is 0 Å². The molecular formula is C21H21N5O. The highest BCUT2D eigenvalue weighted by Crippen LogP contribution is 2.32. The topological polar surface area (TPSA) is 73.9 Å². The van der Waals surface area contributed by atoms with E-state index >= 15 is 0 Å².